The minimum Gasteiger partial charge on any atom is -0.495 e. The molecule has 1 fully saturated rings. The molecule has 0 bridgehead atoms. The first-order valence-electron chi connectivity index (χ1n) is 12.8. The molecule has 2 aromatic carbocycles. The minimum atomic E-state index is -0.429. The van der Waals surface area contributed by atoms with Crippen LogP contribution in [0.1, 0.15) is 40.3 Å². The molecule has 4 aromatic rings. The molecule has 2 atom stereocenters. The van der Waals surface area contributed by atoms with Crippen molar-refractivity contribution in [3.63, 3.8) is 0 Å². The molecule has 1 saturated heterocycles. The van der Waals surface area contributed by atoms with Crippen molar-refractivity contribution in [2.24, 2.45) is 0 Å². The topological polar surface area (TPSA) is 97.7 Å². The van der Waals surface area contributed by atoms with Gasteiger partial charge in [-0.2, -0.15) is 0 Å². The van der Waals surface area contributed by atoms with Crippen molar-refractivity contribution in [1.82, 2.24) is 19.8 Å². The molecule has 40 heavy (non-hydrogen) atoms. The maximum absolute atomic E-state index is 13.0. The van der Waals surface area contributed by atoms with E-state index in [-0.39, 0.29) is 24.4 Å². The Morgan fingerprint density at radius 2 is 1.77 bits per heavy atom. The SMILES string of the molecule is COC(=O)c1ccccc1-n1cccc1C1C(c2ccccn2)NC(=S)N1CCC(=O)Nc1ccccc1OC. The number of pyridine rings is 1. The zero-order valence-electron chi connectivity index (χ0n) is 22.1. The zero-order valence-corrected chi connectivity index (χ0v) is 22.9. The summed E-state index contributed by atoms with van der Waals surface area (Å²) in [6, 6.07) is 23.6. The first kappa shape index (κ1) is 26.9. The number of aromatic nitrogens is 2. The number of hydrogen-bond acceptors (Lipinski definition) is 6. The maximum atomic E-state index is 13.0. The fourth-order valence-corrected chi connectivity index (χ4v) is 5.30. The fourth-order valence-electron chi connectivity index (χ4n) is 4.97. The molecular formula is C30H29N5O4S. The number of hydrogen-bond donors (Lipinski definition) is 2. The number of ether oxygens (including phenoxy) is 2. The van der Waals surface area contributed by atoms with Gasteiger partial charge in [0, 0.05) is 31.1 Å². The van der Waals surface area contributed by atoms with E-state index in [0.29, 0.717) is 34.3 Å². The molecule has 0 radical (unpaired) electrons. The van der Waals surface area contributed by atoms with Crippen molar-refractivity contribution in [1.29, 1.82) is 0 Å². The van der Waals surface area contributed by atoms with Gasteiger partial charge in [0.1, 0.15) is 5.75 Å². The van der Waals surface area contributed by atoms with Gasteiger partial charge in [-0.15, -0.1) is 0 Å². The highest BCUT2D eigenvalue weighted by Crippen LogP contribution is 2.40. The van der Waals surface area contributed by atoms with Gasteiger partial charge < -0.3 is 29.6 Å². The van der Waals surface area contributed by atoms with Crippen LogP contribution < -0.4 is 15.4 Å². The Hall–Kier alpha value is -4.70. The number of anilines is 1. The summed E-state index contributed by atoms with van der Waals surface area (Å²) in [5.41, 5.74) is 3.41. The molecule has 2 N–H and O–H groups in total. The first-order valence-corrected chi connectivity index (χ1v) is 13.2. The van der Waals surface area contributed by atoms with Crippen molar-refractivity contribution in [2.45, 2.75) is 18.5 Å². The number of rotatable bonds is 9. The molecule has 2 aromatic heterocycles. The number of carbonyl (C=O) groups excluding carboxylic acids is 2. The molecule has 1 amide bonds. The summed E-state index contributed by atoms with van der Waals surface area (Å²) < 4.78 is 12.4. The van der Waals surface area contributed by atoms with Crippen LogP contribution in [0.2, 0.25) is 0 Å². The third kappa shape index (κ3) is 5.39. The lowest BCUT2D eigenvalue weighted by Gasteiger charge is -2.29. The molecule has 0 spiro atoms. The van der Waals surface area contributed by atoms with E-state index < -0.39 is 5.97 Å². The first-order chi connectivity index (χ1) is 19.5. The van der Waals surface area contributed by atoms with Crippen LogP contribution in [-0.4, -0.2) is 52.2 Å². The molecule has 1 aliphatic heterocycles. The number of amides is 1. The molecule has 5 rings (SSSR count). The van der Waals surface area contributed by atoms with Crippen molar-refractivity contribution in [2.75, 3.05) is 26.1 Å². The standard InChI is InChI=1S/C30H29N5O4S/c1-38-25-15-6-4-11-21(25)32-26(36)16-19-35-28(27(33-30(35)40)22-12-7-8-17-31-22)24-14-9-18-34(24)23-13-5-3-10-20(23)29(37)39-2/h3-15,17-18,27-28H,16,19H2,1-2H3,(H,32,36)(H,33,40). The highest BCUT2D eigenvalue weighted by molar-refractivity contribution is 7.80. The van der Waals surface area contributed by atoms with Crippen LogP contribution >= 0.6 is 12.2 Å². The van der Waals surface area contributed by atoms with E-state index in [4.69, 9.17) is 21.7 Å². The normalized spacial score (nSPS) is 16.4. The Kier molecular flexibility index (Phi) is 8.07. The Balaban J connectivity index is 1.48. The molecule has 2 unspecified atom stereocenters. The number of benzene rings is 2. The molecule has 0 aliphatic carbocycles. The van der Waals surface area contributed by atoms with Crippen LogP contribution in [0.5, 0.6) is 5.75 Å². The van der Waals surface area contributed by atoms with Gasteiger partial charge in [0.2, 0.25) is 5.91 Å². The number of carbonyl (C=O) groups is 2. The smallest absolute Gasteiger partial charge is 0.339 e. The number of esters is 1. The molecule has 204 valence electrons. The monoisotopic (exact) mass is 555 g/mol. The van der Waals surface area contributed by atoms with Crippen LogP contribution in [0.25, 0.3) is 5.69 Å². The van der Waals surface area contributed by atoms with E-state index in [2.05, 4.69) is 15.6 Å². The summed E-state index contributed by atoms with van der Waals surface area (Å²) in [6.45, 7) is 0.352. The molecule has 10 heteroatoms. The highest BCUT2D eigenvalue weighted by Gasteiger charge is 2.41. The molecule has 1 aliphatic rings. The van der Waals surface area contributed by atoms with E-state index in [1.807, 2.05) is 70.3 Å². The largest absolute Gasteiger partial charge is 0.495 e. The summed E-state index contributed by atoms with van der Waals surface area (Å²) in [4.78, 5) is 32.2. The lowest BCUT2D eigenvalue weighted by Crippen LogP contribution is -2.33. The van der Waals surface area contributed by atoms with Gasteiger partial charge in [0.25, 0.3) is 0 Å². The van der Waals surface area contributed by atoms with Gasteiger partial charge in [-0.1, -0.05) is 30.3 Å². The number of thiocarbonyl (C=S) groups is 1. The highest BCUT2D eigenvalue weighted by atomic mass is 32.1. The van der Waals surface area contributed by atoms with Gasteiger partial charge in [0.05, 0.1) is 48.9 Å². The summed E-state index contributed by atoms with van der Waals surface area (Å²) in [6.07, 6.45) is 3.83. The van der Waals surface area contributed by atoms with E-state index >= 15 is 0 Å². The summed E-state index contributed by atoms with van der Waals surface area (Å²) >= 11 is 5.79. The van der Waals surface area contributed by atoms with Crippen molar-refractivity contribution >= 4 is 34.9 Å². The van der Waals surface area contributed by atoms with Gasteiger partial charge in [-0.05, 0) is 60.7 Å². The van der Waals surface area contributed by atoms with Gasteiger partial charge in [0.15, 0.2) is 5.11 Å². The average Bonchev–Trinajstić information content (AvgIpc) is 3.60. The van der Waals surface area contributed by atoms with Crippen LogP contribution in [0.3, 0.4) is 0 Å². The second-order valence-electron chi connectivity index (χ2n) is 9.13. The number of para-hydroxylation sites is 3. The third-order valence-corrected chi connectivity index (χ3v) is 7.16. The minimum absolute atomic E-state index is 0.168. The van der Waals surface area contributed by atoms with E-state index in [1.54, 1.807) is 37.6 Å². The third-order valence-electron chi connectivity index (χ3n) is 6.81. The van der Waals surface area contributed by atoms with E-state index in [0.717, 1.165) is 11.4 Å². The summed E-state index contributed by atoms with van der Waals surface area (Å²) in [7, 11) is 2.93. The van der Waals surface area contributed by atoms with Crippen molar-refractivity contribution in [3.8, 4) is 11.4 Å². The van der Waals surface area contributed by atoms with Crippen LogP contribution in [0.15, 0.2) is 91.3 Å². The molecule has 0 saturated carbocycles. The number of nitrogens with one attached hydrogen (secondary N) is 2. The van der Waals surface area contributed by atoms with Gasteiger partial charge in [-0.25, -0.2) is 4.79 Å². The van der Waals surface area contributed by atoms with E-state index in [1.165, 1.54) is 7.11 Å². The molecule has 9 nitrogen and oxygen atoms in total. The lowest BCUT2D eigenvalue weighted by molar-refractivity contribution is -0.116. The second-order valence-corrected chi connectivity index (χ2v) is 9.52. The predicted octanol–water partition coefficient (Wildman–Crippen LogP) is 4.67. The Morgan fingerprint density at radius 1 is 1.00 bits per heavy atom. The van der Waals surface area contributed by atoms with Crippen LogP contribution in [0.4, 0.5) is 5.69 Å². The average molecular weight is 556 g/mol. The van der Waals surface area contributed by atoms with Gasteiger partial charge >= 0.3 is 5.97 Å². The van der Waals surface area contributed by atoms with Crippen molar-refractivity contribution in [3.05, 3.63) is 108 Å². The van der Waals surface area contributed by atoms with E-state index in [9.17, 15) is 9.59 Å². The Labute approximate surface area is 237 Å². The predicted molar refractivity (Wildman–Crippen MR) is 156 cm³/mol. The quantitative estimate of drug-likeness (QED) is 0.227. The molecular weight excluding hydrogens is 526 g/mol. The van der Waals surface area contributed by atoms with Crippen LogP contribution in [-0.2, 0) is 9.53 Å². The fraction of sp³-hybridized carbons (Fsp3) is 0.200. The molecule has 3 heterocycles. The maximum Gasteiger partial charge on any atom is 0.339 e. The van der Waals surface area contributed by atoms with Crippen LogP contribution in [0, 0.1) is 0 Å². The zero-order chi connectivity index (χ0) is 28.1. The summed E-state index contributed by atoms with van der Waals surface area (Å²) in [5, 5.41) is 6.86. The van der Waals surface area contributed by atoms with Crippen molar-refractivity contribution < 1.29 is 19.1 Å². The Bertz CT molecular complexity index is 1520. The van der Waals surface area contributed by atoms with Gasteiger partial charge in [-0.3, -0.25) is 9.78 Å². The number of nitrogens with zero attached hydrogens (tertiary/aromatic N) is 3. The Morgan fingerprint density at radius 3 is 2.55 bits per heavy atom. The second kappa shape index (κ2) is 12.0. The summed E-state index contributed by atoms with van der Waals surface area (Å²) in [5.74, 6) is -0.00961. The lowest BCUT2D eigenvalue weighted by atomic mass is 10.0. The number of methoxy groups -OCH3 is 2.